The van der Waals surface area contributed by atoms with Crippen molar-refractivity contribution in [1.29, 1.82) is 5.26 Å². The van der Waals surface area contributed by atoms with E-state index in [2.05, 4.69) is 9.97 Å². The molecule has 0 saturated carbocycles. The van der Waals surface area contributed by atoms with Crippen molar-refractivity contribution in [3.05, 3.63) is 41.9 Å². The van der Waals surface area contributed by atoms with Gasteiger partial charge in [-0.15, -0.1) is 0 Å². The van der Waals surface area contributed by atoms with Gasteiger partial charge in [-0.1, -0.05) is 0 Å². The summed E-state index contributed by atoms with van der Waals surface area (Å²) in [6, 6.07) is 9.19. The highest BCUT2D eigenvalue weighted by molar-refractivity contribution is 5.91. The summed E-state index contributed by atoms with van der Waals surface area (Å²) in [7, 11) is 1.88. The zero-order valence-corrected chi connectivity index (χ0v) is 11.1. The second kappa shape index (κ2) is 4.35. The maximum absolute atomic E-state index is 9.62. The Balaban J connectivity index is 2.34. The Hall–Kier alpha value is -2.87. The van der Waals surface area contributed by atoms with Gasteiger partial charge >= 0.3 is 0 Å². The molecule has 1 N–H and O–H groups in total. The van der Waals surface area contributed by atoms with Crippen LogP contribution in [0.3, 0.4) is 0 Å². The smallest absolute Gasteiger partial charge is 0.234 e. The summed E-state index contributed by atoms with van der Waals surface area (Å²) in [5.41, 5.74) is 3.05. The van der Waals surface area contributed by atoms with Gasteiger partial charge in [-0.05, 0) is 36.8 Å². The van der Waals surface area contributed by atoms with Crippen molar-refractivity contribution < 1.29 is 5.11 Å². The minimum Gasteiger partial charge on any atom is -0.508 e. The molecule has 0 atom stereocenters. The van der Waals surface area contributed by atoms with Crippen LogP contribution in [-0.2, 0) is 7.05 Å². The second-order valence-electron chi connectivity index (χ2n) is 4.67. The van der Waals surface area contributed by atoms with Crippen molar-refractivity contribution in [2.75, 3.05) is 0 Å². The number of hydrogen-bond acceptors (Lipinski definition) is 4. The van der Waals surface area contributed by atoms with E-state index >= 15 is 0 Å². The molecule has 1 aromatic carbocycles. The number of phenols is 1. The van der Waals surface area contributed by atoms with Crippen molar-refractivity contribution >= 4 is 11.0 Å². The molecule has 5 heteroatoms. The van der Waals surface area contributed by atoms with Crippen molar-refractivity contribution in [1.82, 2.24) is 14.5 Å². The maximum atomic E-state index is 9.62. The van der Waals surface area contributed by atoms with E-state index in [1.807, 2.05) is 42.9 Å². The summed E-state index contributed by atoms with van der Waals surface area (Å²) in [4.78, 5) is 8.53. The Bertz CT molecular complexity index is 858. The summed E-state index contributed by atoms with van der Waals surface area (Å²) in [6.45, 7) is 1.83. The molecule has 0 aliphatic rings. The average molecular weight is 264 g/mol. The van der Waals surface area contributed by atoms with Gasteiger partial charge in [-0.2, -0.15) is 5.26 Å². The topological polar surface area (TPSA) is 74.7 Å². The van der Waals surface area contributed by atoms with Crippen LogP contribution in [0.1, 0.15) is 11.4 Å². The Morgan fingerprint density at radius 3 is 2.75 bits per heavy atom. The lowest BCUT2D eigenvalue weighted by Crippen LogP contribution is -1.97. The number of aromatic nitrogens is 3. The molecule has 20 heavy (non-hydrogen) atoms. The number of nitrogens with zero attached hydrogens (tertiary/aromatic N) is 4. The molecular formula is C15H12N4O. The van der Waals surface area contributed by atoms with Crippen LogP contribution in [0.25, 0.3) is 22.3 Å². The lowest BCUT2D eigenvalue weighted by Gasteiger charge is -2.06. The van der Waals surface area contributed by atoms with E-state index in [1.165, 1.54) is 0 Å². The van der Waals surface area contributed by atoms with Crippen LogP contribution in [0, 0.1) is 18.3 Å². The fraction of sp³-hybridized carbons (Fsp3) is 0.133. The molecule has 3 aromatic rings. The van der Waals surface area contributed by atoms with Gasteiger partial charge < -0.3 is 9.67 Å². The summed E-state index contributed by atoms with van der Waals surface area (Å²) in [5.74, 6) is 0.382. The molecule has 3 rings (SSSR count). The summed E-state index contributed by atoms with van der Waals surface area (Å²) in [6.07, 6.45) is 1.89. The van der Waals surface area contributed by atoms with Crippen molar-refractivity contribution in [3.8, 4) is 23.1 Å². The highest BCUT2D eigenvalue weighted by atomic mass is 16.3. The number of hydrogen-bond donors (Lipinski definition) is 1. The number of phenolic OH excluding ortho intramolecular Hbond substituents is 1. The first-order valence-corrected chi connectivity index (χ1v) is 6.13. The lowest BCUT2D eigenvalue weighted by molar-refractivity contribution is 0.471. The molecule has 98 valence electrons. The van der Waals surface area contributed by atoms with Crippen molar-refractivity contribution in [2.24, 2.45) is 7.05 Å². The predicted molar refractivity (Wildman–Crippen MR) is 75.1 cm³/mol. The molecule has 0 bridgehead atoms. The van der Waals surface area contributed by atoms with Crippen LogP contribution in [-0.4, -0.2) is 19.6 Å². The van der Waals surface area contributed by atoms with Crippen LogP contribution in [0.15, 0.2) is 30.5 Å². The third-order valence-electron chi connectivity index (χ3n) is 3.29. The van der Waals surface area contributed by atoms with Gasteiger partial charge in [0.25, 0.3) is 0 Å². The average Bonchev–Trinajstić information content (AvgIpc) is 2.82. The first-order valence-electron chi connectivity index (χ1n) is 6.13. The second-order valence-corrected chi connectivity index (χ2v) is 4.67. The van der Waals surface area contributed by atoms with Crippen LogP contribution in [0.5, 0.6) is 5.75 Å². The van der Waals surface area contributed by atoms with Gasteiger partial charge in [0.1, 0.15) is 17.5 Å². The van der Waals surface area contributed by atoms with Crippen LogP contribution < -0.4 is 0 Å². The van der Waals surface area contributed by atoms with Gasteiger partial charge in [0, 0.05) is 24.2 Å². The molecule has 0 aliphatic heterocycles. The molecule has 2 aromatic heterocycles. The Labute approximate surface area is 115 Å². The monoisotopic (exact) mass is 264 g/mol. The normalized spacial score (nSPS) is 10.7. The minimum absolute atomic E-state index is 0.139. The molecule has 5 nitrogen and oxygen atoms in total. The first-order chi connectivity index (χ1) is 9.60. The molecule has 0 fully saturated rings. The molecule has 0 amide bonds. The van der Waals surface area contributed by atoms with Crippen LogP contribution in [0.4, 0.5) is 0 Å². The van der Waals surface area contributed by atoms with E-state index in [0.29, 0.717) is 5.69 Å². The lowest BCUT2D eigenvalue weighted by atomic mass is 10.1. The largest absolute Gasteiger partial charge is 0.508 e. The number of nitriles is 1. The first kappa shape index (κ1) is 12.2. The van der Waals surface area contributed by atoms with Crippen molar-refractivity contribution in [2.45, 2.75) is 6.92 Å². The van der Waals surface area contributed by atoms with Gasteiger partial charge in [-0.25, -0.2) is 9.97 Å². The molecule has 2 heterocycles. The van der Waals surface area contributed by atoms with E-state index in [0.717, 1.165) is 22.2 Å². The zero-order chi connectivity index (χ0) is 14.3. The third kappa shape index (κ3) is 1.79. The van der Waals surface area contributed by atoms with Gasteiger partial charge in [0.15, 0.2) is 0 Å². The zero-order valence-electron chi connectivity index (χ0n) is 11.1. The summed E-state index contributed by atoms with van der Waals surface area (Å²) in [5, 5.41) is 19.6. The number of benzene rings is 1. The Morgan fingerprint density at radius 1 is 1.25 bits per heavy atom. The minimum atomic E-state index is 0.139. The fourth-order valence-corrected chi connectivity index (χ4v) is 2.21. The van der Waals surface area contributed by atoms with E-state index < -0.39 is 0 Å². The standard InChI is InChI=1S/C15H12N4O/c1-9-7-10(3-4-12(9)20)14-11-5-6-19(2)15(11)18-13(8-16)17-14/h3-7,20H,1-2H3. The molecule has 0 spiro atoms. The van der Waals surface area contributed by atoms with Gasteiger partial charge in [-0.3, -0.25) is 0 Å². The number of fused-ring (bicyclic) bond motifs is 1. The molecule has 0 saturated heterocycles. The van der Waals surface area contributed by atoms with Gasteiger partial charge in [0.05, 0.1) is 5.69 Å². The SMILES string of the molecule is Cc1cc(-c2nc(C#N)nc3c2ccn3C)ccc1O. The molecular weight excluding hydrogens is 252 g/mol. The van der Waals surface area contributed by atoms with Crippen LogP contribution >= 0.6 is 0 Å². The number of rotatable bonds is 1. The molecule has 0 radical (unpaired) electrons. The van der Waals surface area contributed by atoms with Gasteiger partial charge in [0.2, 0.25) is 5.82 Å². The quantitative estimate of drug-likeness (QED) is 0.732. The summed E-state index contributed by atoms with van der Waals surface area (Å²) >= 11 is 0. The number of aryl methyl sites for hydroxylation is 2. The fourth-order valence-electron chi connectivity index (χ4n) is 2.21. The number of aromatic hydroxyl groups is 1. The third-order valence-corrected chi connectivity index (χ3v) is 3.29. The highest BCUT2D eigenvalue weighted by Crippen LogP contribution is 2.29. The van der Waals surface area contributed by atoms with E-state index in [9.17, 15) is 5.11 Å². The van der Waals surface area contributed by atoms with Crippen molar-refractivity contribution in [3.63, 3.8) is 0 Å². The Morgan fingerprint density at radius 2 is 2.05 bits per heavy atom. The Kier molecular flexibility index (Phi) is 2.65. The van der Waals surface area contributed by atoms with E-state index in [-0.39, 0.29) is 11.6 Å². The van der Waals surface area contributed by atoms with Crippen LogP contribution in [0.2, 0.25) is 0 Å². The van der Waals surface area contributed by atoms with E-state index in [1.54, 1.807) is 12.1 Å². The molecule has 0 unspecified atom stereocenters. The highest BCUT2D eigenvalue weighted by Gasteiger charge is 2.12. The van der Waals surface area contributed by atoms with E-state index in [4.69, 9.17) is 5.26 Å². The maximum Gasteiger partial charge on any atom is 0.234 e. The summed E-state index contributed by atoms with van der Waals surface area (Å²) < 4.78 is 1.86. The predicted octanol–water partition coefficient (Wildman–Crippen LogP) is 2.52. The molecule has 0 aliphatic carbocycles.